The Bertz CT molecular complexity index is 1550. The number of aromatic nitrogens is 1. The molecule has 6 heteroatoms. The van der Waals surface area contributed by atoms with Crippen molar-refractivity contribution in [1.82, 2.24) is 4.98 Å². The van der Waals surface area contributed by atoms with Gasteiger partial charge in [-0.1, -0.05) is 67.5 Å². The number of halogens is 2. The van der Waals surface area contributed by atoms with Gasteiger partial charge in [0.1, 0.15) is 17.4 Å². The van der Waals surface area contributed by atoms with Crippen molar-refractivity contribution in [2.24, 2.45) is 10.8 Å². The molecular formula is C37H46F2IrNO2-. The molecule has 4 aromatic rings. The van der Waals surface area contributed by atoms with Crippen molar-refractivity contribution in [2.45, 2.75) is 101 Å². The van der Waals surface area contributed by atoms with Crippen molar-refractivity contribution in [2.75, 3.05) is 0 Å². The van der Waals surface area contributed by atoms with Crippen molar-refractivity contribution >= 4 is 27.3 Å². The van der Waals surface area contributed by atoms with Gasteiger partial charge in [-0.15, -0.1) is 34.9 Å². The van der Waals surface area contributed by atoms with Crippen LogP contribution in [0.3, 0.4) is 0 Å². The average molecular weight is 767 g/mol. The molecule has 0 aliphatic heterocycles. The van der Waals surface area contributed by atoms with E-state index in [1.54, 1.807) is 18.3 Å². The Morgan fingerprint density at radius 3 is 2.05 bits per heavy atom. The molecule has 1 N–H and O–H groups in total. The molecule has 1 atom stereocenters. The van der Waals surface area contributed by atoms with Gasteiger partial charge in [0.05, 0.1) is 6.10 Å². The maximum Gasteiger partial charge on any atom is 0.141 e. The number of hydrogen-bond donors (Lipinski definition) is 1. The van der Waals surface area contributed by atoms with E-state index in [1.165, 1.54) is 13.0 Å². The standard InChI is InChI=1S/C22H16F2N.C15H30O2.Ir/c1-12-8-13(2)10-15(9-12)22-18-5-4-17-19(16(18)6-7-25-22)11-20(23)14(3)21(17)24;1-7-14(5,8-2)12(16)11-13(17)15(6,9-3)10-4;/h4-9,11H,1-3H3;12,16H,7-11H2,1-6H3;/q-1;;. The van der Waals surface area contributed by atoms with Gasteiger partial charge >= 0.3 is 0 Å². The van der Waals surface area contributed by atoms with Gasteiger partial charge in [0.15, 0.2) is 0 Å². The summed E-state index contributed by atoms with van der Waals surface area (Å²) in [5, 5.41) is 12.9. The molecular weight excluding hydrogens is 721 g/mol. The molecule has 0 saturated carbocycles. The first kappa shape index (κ1) is 36.7. The number of pyridine rings is 1. The summed E-state index contributed by atoms with van der Waals surface area (Å²) >= 11 is 0. The number of fused-ring (bicyclic) bond motifs is 3. The van der Waals surface area contributed by atoms with Gasteiger partial charge < -0.3 is 10.1 Å². The molecule has 4 rings (SSSR count). The van der Waals surface area contributed by atoms with Gasteiger partial charge in [-0.05, 0) is 72.0 Å². The van der Waals surface area contributed by atoms with E-state index < -0.39 is 17.7 Å². The number of rotatable bonds is 9. The zero-order chi connectivity index (χ0) is 31.4. The molecule has 1 aromatic heterocycles. The Morgan fingerprint density at radius 2 is 1.49 bits per heavy atom. The summed E-state index contributed by atoms with van der Waals surface area (Å²) < 4.78 is 28.6. The second-order valence-corrected chi connectivity index (χ2v) is 12.2. The van der Waals surface area contributed by atoms with Gasteiger partial charge in [0.2, 0.25) is 0 Å². The van der Waals surface area contributed by atoms with Crippen molar-refractivity contribution in [3.8, 4) is 11.3 Å². The molecule has 3 aromatic carbocycles. The van der Waals surface area contributed by atoms with Crippen LogP contribution in [0.25, 0.3) is 32.8 Å². The summed E-state index contributed by atoms with van der Waals surface area (Å²) in [6.07, 6.45) is 4.99. The molecule has 3 nitrogen and oxygen atoms in total. The van der Waals surface area contributed by atoms with Crippen molar-refractivity contribution in [1.29, 1.82) is 0 Å². The average Bonchev–Trinajstić information content (AvgIpc) is 2.98. The predicted octanol–water partition coefficient (Wildman–Crippen LogP) is 10.0. The van der Waals surface area contributed by atoms with Gasteiger partial charge in [-0.3, -0.25) is 4.79 Å². The minimum absolute atomic E-state index is 0. The first-order valence-electron chi connectivity index (χ1n) is 15.1. The zero-order valence-electron chi connectivity index (χ0n) is 27.0. The Kier molecular flexibility index (Phi) is 12.8. The quantitative estimate of drug-likeness (QED) is 0.136. The Morgan fingerprint density at radius 1 is 0.884 bits per heavy atom. The van der Waals surface area contributed by atoms with Gasteiger partial charge in [-0.2, -0.15) is 0 Å². The minimum Gasteiger partial charge on any atom is -0.392 e. The maximum atomic E-state index is 14.5. The van der Waals surface area contributed by atoms with Gasteiger partial charge in [0.25, 0.3) is 0 Å². The normalized spacial score (nSPS) is 12.5. The van der Waals surface area contributed by atoms with Crippen LogP contribution in [0.15, 0.2) is 42.6 Å². The predicted molar refractivity (Wildman–Crippen MR) is 171 cm³/mol. The number of benzene rings is 3. The number of aliphatic hydroxyl groups is 1. The molecule has 43 heavy (non-hydrogen) atoms. The van der Waals surface area contributed by atoms with Gasteiger partial charge in [0, 0.05) is 49.1 Å². The fourth-order valence-electron chi connectivity index (χ4n) is 5.44. The zero-order valence-corrected chi connectivity index (χ0v) is 29.4. The van der Waals surface area contributed by atoms with E-state index in [1.807, 2.05) is 46.8 Å². The third-order valence-electron chi connectivity index (χ3n) is 9.62. The number of Topliss-reactive ketones (excluding diaryl/α,β-unsaturated/α-hetero) is 1. The van der Waals surface area contributed by atoms with Crippen LogP contribution in [0.2, 0.25) is 0 Å². The molecule has 1 unspecified atom stereocenters. The largest absolute Gasteiger partial charge is 0.392 e. The monoisotopic (exact) mass is 767 g/mol. The summed E-state index contributed by atoms with van der Waals surface area (Å²) in [5.41, 5.74) is 3.47. The molecule has 0 saturated heterocycles. The molecule has 0 bridgehead atoms. The Hall–Kier alpha value is -2.53. The number of aliphatic hydroxyl groups excluding tert-OH is 1. The molecule has 1 heterocycles. The number of hydrogen-bond acceptors (Lipinski definition) is 3. The van der Waals surface area contributed by atoms with Crippen molar-refractivity contribution in [3.63, 3.8) is 0 Å². The van der Waals surface area contributed by atoms with Crippen LogP contribution in [-0.2, 0) is 24.9 Å². The molecule has 0 spiro atoms. The van der Waals surface area contributed by atoms with E-state index in [9.17, 15) is 18.7 Å². The van der Waals surface area contributed by atoms with E-state index in [4.69, 9.17) is 0 Å². The van der Waals surface area contributed by atoms with E-state index in [-0.39, 0.29) is 42.3 Å². The number of ketones is 1. The molecule has 0 amide bonds. The summed E-state index contributed by atoms with van der Waals surface area (Å²) in [6, 6.07) is 14.2. The fourth-order valence-corrected chi connectivity index (χ4v) is 5.44. The first-order valence-corrected chi connectivity index (χ1v) is 15.1. The van der Waals surface area contributed by atoms with Crippen molar-refractivity contribution < 1.29 is 38.8 Å². The van der Waals surface area contributed by atoms with Crippen LogP contribution in [0.4, 0.5) is 8.78 Å². The summed E-state index contributed by atoms with van der Waals surface area (Å²) in [5.74, 6) is -0.829. The number of carbonyl (C=O) groups is 1. The Balaban J connectivity index is 0.000000318. The van der Waals surface area contributed by atoms with E-state index in [0.29, 0.717) is 17.2 Å². The third kappa shape index (κ3) is 7.77. The summed E-state index contributed by atoms with van der Waals surface area (Å²) in [4.78, 5) is 16.8. The third-order valence-corrected chi connectivity index (χ3v) is 9.62. The number of aryl methyl sites for hydroxylation is 2. The summed E-state index contributed by atoms with van der Waals surface area (Å²) in [7, 11) is 0. The maximum absolute atomic E-state index is 14.5. The molecule has 0 fully saturated rings. The Labute approximate surface area is 269 Å². The second kappa shape index (κ2) is 15.0. The van der Waals surface area contributed by atoms with E-state index in [0.717, 1.165) is 58.8 Å². The smallest absolute Gasteiger partial charge is 0.141 e. The fraction of sp³-hybridized carbons (Fsp3) is 0.459. The first-order chi connectivity index (χ1) is 19.7. The van der Waals surface area contributed by atoms with Crippen LogP contribution in [-0.4, -0.2) is 22.0 Å². The number of nitrogens with zero attached hydrogens (tertiary/aromatic N) is 1. The minimum atomic E-state index is -0.533. The van der Waals surface area contributed by atoms with Crippen LogP contribution < -0.4 is 0 Å². The SMILES string of the molecule is CCC(C)(CC)C(=O)CC(O)C(C)(CC)CC.Cc1[c-]c(-c2nccc3c2ccc2c(F)c(C)c(F)cc23)cc(C)c1.[Ir]. The summed E-state index contributed by atoms with van der Waals surface area (Å²) in [6.45, 7) is 17.8. The number of carbonyl (C=O) groups excluding carboxylic acids is 1. The molecule has 235 valence electrons. The van der Waals surface area contributed by atoms with Crippen LogP contribution in [0.5, 0.6) is 0 Å². The molecule has 1 radical (unpaired) electrons. The molecule has 0 aliphatic rings. The topological polar surface area (TPSA) is 50.2 Å². The second-order valence-electron chi connectivity index (χ2n) is 12.2. The molecule has 0 aliphatic carbocycles. The van der Waals surface area contributed by atoms with Crippen LogP contribution in [0, 0.1) is 49.3 Å². The van der Waals surface area contributed by atoms with Crippen LogP contribution >= 0.6 is 0 Å². The van der Waals surface area contributed by atoms with Gasteiger partial charge in [-0.25, -0.2) is 8.78 Å². The van der Waals surface area contributed by atoms with E-state index in [2.05, 4.69) is 37.9 Å². The van der Waals surface area contributed by atoms with E-state index >= 15 is 0 Å². The van der Waals surface area contributed by atoms with Crippen molar-refractivity contribution in [3.05, 3.63) is 77.0 Å². The van der Waals surface area contributed by atoms with Crippen LogP contribution in [0.1, 0.15) is 90.3 Å².